The van der Waals surface area contributed by atoms with E-state index >= 15 is 0 Å². The fraction of sp³-hybridized carbons (Fsp3) is 1.00. The first-order valence-corrected chi connectivity index (χ1v) is 7.25. The Morgan fingerprint density at radius 2 is 2.00 bits per heavy atom. The zero-order valence-electron chi connectivity index (χ0n) is 11.9. The van der Waals surface area contributed by atoms with Gasteiger partial charge < -0.3 is 10.5 Å². The van der Waals surface area contributed by atoms with E-state index in [-0.39, 0.29) is 5.54 Å². The van der Waals surface area contributed by atoms with Gasteiger partial charge in [-0.3, -0.25) is 4.90 Å². The van der Waals surface area contributed by atoms with Crippen LogP contribution in [-0.2, 0) is 4.74 Å². The summed E-state index contributed by atoms with van der Waals surface area (Å²) >= 11 is 0. The van der Waals surface area contributed by atoms with Crippen molar-refractivity contribution in [3.8, 4) is 0 Å². The van der Waals surface area contributed by atoms with E-state index in [9.17, 15) is 0 Å². The van der Waals surface area contributed by atoms with Gasteiger partial charge in [0.15, 0.2) is 0 Å². The summed E-state index contributed by atoms with van der Waals surface area (Å²) in [7, 11) is 0. The highest BCUT2D eigenvalue weighted by Gasteiger charge is 2.33. The Labute approximate surface area is 107 Å². The molecule has 3 heteroatoms. The van der Waals surface area contributed by atoms with Crippen LogP contribution in [0.4, 0.5) is 0 Å². The highest BCUT2D eigenvalue weighted by atomic mass is 16.5. The minimum Gasteiger partial charge on any atom is -0.381 e. The quantitative estimate of drug-likeness (QED) is 0.709. The topological polar surface area (TPSA) is 38.5 Å². The molecular weight excluding hydrogens is 212 g/mol. The number of hydrogen-bond donors (Lipinski definition) is 1. The number of nitrogens with two attached hydrogens (primary N) is 1. The summed E-state index contributed by atoms with van der Waals surface area (Å²) in [4.78, 5) is 2.63. The molecule has 0 spiro atoms. The average Bonchev–Trinajstić information content (AvgIpc) is 2.85. The molecule has 0 amide bonds. The van der Waals surface area contributed by atoms with Crippen LogP contribution in [0.25, 0.3) is 0 Å². The van der Waals surface area contributed by atoms with E-state index in [2.05, 4.69) is 25.7 Å². The lowest BCUT2D eigenvalue weighted by Gasteiger charge is -2.43. The molecule has 1 fully saturated rings. The predicted octanol–water partition coefficient (Wildman–Crippen LogP) is 2.25. The number of ether oxygens (including phenoxy) is 1. The van der Waals surface area contributed by atoms with Crippen LogP contribution in [0.15, 0.2) is 0 Å². The predicted molar refractivity (Wildman–Crippen MR) is 73.2 cm³/mol. The van der Waals surface area contributed by atoms with Crippen molar-refractivity contribution in [2.45, 2.75) is 52.0 Å². The van der Waals surface area contributed by atoms with Crippen molar-refractivity contribution in [3.05, 3.63) is 0 Å². The lowest BCUT2D eigenvalue weighted by molar-refractivity contribution is 0.0634. The molecule has 1 atom stereocenters. The number of hydrogen-bond acceptors (Lipinski definition) is 3. The number of rotatable bonds is 8. The molecule has 17 heavy (non-hydrogen) atoms. The van der Waals surface area contributed by atoms with Gasteiger partial charge in [-0.15, -0.1) is 0 Å². The van der Waals surface area contributed by atoms with Crippen molar-refractivity contribution in [1.29, 1.82) is 0 Å². The van der Waals surface area contributed by atoms with Crippen LogP contribution in [0.3, 0.4) is 0 Å². The molecule has 2 N–H and O–H groups in total. The Kier molecular flexibility index (Phi) is 6.45. The Morgan fingerprint density at radius 3 is 2.41 bits per heavy atom. The standard InChI is InChI=1S/C14H30N2O/c1-4-8-16(10-13-7-9-17-11-13)14(5-2,6-3)12-15/h13H,4-12,15H2,1-3H3. The summed E-state index contributed by atoms with van der Waals surface area (Å²) in [5.41, 5.74) is 6.27. The van der Waals surface area contributed by atoms with Gasteiger partial charge in [0.1, 0.15) is 0 Å². The molecule has 1 unspecified atom stereocenters. The van der Waals surface area contributed by atoms with Gasteiger partial charge in [-0.05, 0) is 38.1 Å². The molecule has 0 aliphatic carbocycles. The lowest BCUT2D eigenvalue weighted by Crippen LogP contribution is -2.55. The smallest absolute Gasteiger partial charge is 0.0507 e. The Morgan fingerprint density at radius 1 is 1.29 bits per heavy atom. The summed E-state index contributed by atoms with van der Waals surface area (Å²) in [5, 5.41) is 0. The highest BCUT2D eigenvalue weighted by Crippen LogP contribution is 2.26. The van der Waals surface area contributed by atoms with Gasteiger partial charge in [-0.2, -0.15) is 0 Å². The van der Waals surface area contributed by atoms with Gasteiger partial charge in [0.2, 0.25) is 0 Å². The largest absolute Gasteiger partial charge is 0.381 e. The highest BCUT2D eigenvalue weighted by molar-refractivity contribution is 4.90. The monoisotopic (exact) mass is 242 g/mol. The number of nitrogens with zero attached hydrogens (tertiary/aromatic N) is 1. The fourth-order valence-corrected chi connectivity index (χ4v) is 2.95. The first-order chi connectivity index (χ1) is 8.22. The van der Waals surface area contributed by atoms with E-state index in [4.69, 9.17) is 10.5 Å². The first-order valence-electron chi connectivity index (χ1n) is 7.25. The average molecular weight is 242 g/mol. The van der Waals surface area contributed by atoms with E-state index in [0.717, 1.165) is 45.7 Å². The molecule has 1 heterocycles. The second kappa shape index (κ2) is 7.34. The second-order valence-electron chi connectivity index (χ2n) is 5.31. The van der Waals surface area contributed by atoms with Gasteiger partial charge in [0.05, 0.1) is 6.61 Å². The summed E-state index contributed by atoms with van der Waals surface area (Å²) in [6, 6.07) is 0. The Balaban J connectivity index is 2.66. The van der Waals surface area contributed by atoms with Crippen molar-refractivity contribution in [1.82, 2.24) is 4.90 Å². The molecule has 0 aromatic rings. The van der Waals surface area contributed by atoms with Gasteiger partial charge in [0.25, 0.3) is 0 Å². The minimum atomic E-state index is 0.207. The van der Waals surface area contributed by atoms with Crippen molar-refractivity contribution >= 4 is 0 Å². The van der Waals surface area contributed by atoms with Crippen LogP contribution >= 0.6 is 0 Å². The van der Waals surface area contributed by atoms with Gasteiger partial charge in [0, 0.05) is 25.2 Å². The second-order valence-corrected chi connectivity index (χ2v) is 5.31. The van der Waals surface area contributed by atoms with E-state index in [0.29, 0.717) is 5.92 Å². The van der Waals surface area contributed by atoms with Gasteiger partial charge in [-0.1, -0.05) is 20.8 Å². The molecule has 0 aromatic heterocycles. The maximum atomic E-state index is 6.06. The van der Waals surface area contributed by atoms with Crippen molar-refractivity contribution in [2.75, 3.05) is 32.8 Å². The summed E-state index contributed by atoms with van der Waals surface area (Å²) in [6.07, 6.45) is 4.71. The molecule has 102 valence electrons. The normalized spacial score (nSPS) is 21.4. The fourth-order valence-electron chi connectivity index (χ4n) is 2.95. The maximum Gasteiger partial charge on any atom is 0.0507 e. The molecule has 1 aliphatic heterocycles. The molecule has 0 radical (unpaired) electrons. The molecular formula is C14H30N2O. The molecule has 0 saturated carbocycles. The summed E-state index contributed by atoms with van der Waals surface area (Å²) in [5.74, 6) is 0.713. The zero-order chi connectivity index (χ0) is 12.7. The van der Waals surface area contributed by atoms with Crippen molar-refractivity contribution in [2.24, 2.45) is 11.7 Å². The maximum absolute atomic E-state index is 6.06. The summed E-state index contributed by atoms with van der Waals surface area (Å²) in [6.45, 7) is 11.8. The van der Waals surface area contributed by atoms with Crippen LogP contribution < -0.4 is 5.73 Å². The molecule has 0 bridgehead atoms. The van der Waals surface area contributed by atoms with Crippen LogP contribution in [-0.4, -0.2) is 43.3 Å². The molecule has 3 nitrogen and oxygen atoms in total. The molecule has 0 aromatic carbocycles. The Bertz CT molecular complexity index is 190. The van der Waals surface area contributed by atoms with E-state index < -0.39 is 0 Å². The van der Waals surface area contributed by atoms with Crippen LogP contribution in [0.5, 0.6) is 0 Å². The first kappa shape index (κ1) is 14.9. The third-order valence-electron chi connectivity index (χ3n) is 4.36. The van der Waals surface area contributed by atoms with Crippen molar-refractivity contribution in [3.63, 3.8) is 0 Å². The zero-order valence-corrected chi connectivity index (χ0v) is 11.9. The van der Waals surface area contributed by atoms with Crippen LogP contribution in [0.1, 0.15) is 46.5 Å². The van der Waals surface area contributed by atoms with Gasteiger partial charge >= 0.3 is 0 Å². The molecule has 1 rings (SSSR count). The van der Waals surface area contributed by atoms with Crippen molar-refractivity contribution < 1.29 is 4.74 Å². The molecule has 1 aliphatic rings. The third-order valence-corrected chi connectivity index (χ3v) is 4.36. The minimum absolute atomic E-state index is 0.207. The van der Waals surface area contributed by atoms with Crippen LogP contribution in [0.2, 0.25) is 0 Å². The van der Waals surface area contributed by atoms with E-state index in [1.165, 1.54) is 12.8 Å². The Hall–Kier alpha value is -0.120. The van der Waals surface area contributed by atoms with Crippen LogP contribution in [0, 0.1) is 5.92 Å². The van der Waals surface area contributed by atoms with E-state index in [1.807, 2.05) is 0 Å². The third kappa shape index (κ3) is 3.67. The SMILES string of the molecule is CCCN(CC1CCOC1)C(CC)(CC)CN. The van der Waals surface area contributed by atoms with Gasteiger partial charge in [-0.25, -0.2) is 0 Å². The van der Waals surface area contributed by atoms with E-state index in [1.54, 1.807) is 0 Å². The molecule has 1 saturated heterocycles. The lowest BCUT2D eigenvalue weighted by atomic mass is 9.89. The summed E-state index contributed by atoms with van der Waals surface area (Å²) < 4.78 is 5.49.